The fraction of sp³-hybridized carbons (Fsp3) is 0.562. The van der Waals surface area contributed by atoms with Crippen molar-refractivity contribution < 1.29 is 0 Å². The van der Waals surface area contributed by atoms with Crippen molar-refractivity contribution in [3.63, 3.8) is 0 Å². The Morgan fingerprint density at radius 2 is 2.27 bits per heavy atom. The van der Waals surface area contributed by atoms with Gasteiger partial charge in [-0.25, -0.2) is 15.0 Å². The number of aryl methyl sites for hydroxylation is 1. The summed E-state index contributed by atoms with van der Waals surface area (Å²) in [5, 5.41) is 3.22. The highest BCUT2D eigenvalue weighted by atomic mass is 32.1. The fourth-order valence-electron chi connectivity index (χ4n) is 2.92. The van der Waals surface area contributed by atoms with Crippen LogP contribution in [0.4, 0.5) is 11.6 Å². The predicted molar refractivity (Wildman–Crippen MR) is 91.6 cm³/mol. The summed E-state index contributed by atoms with van der Waals surface area (Å²) in [4.78, 5) is 17.9. The standard InChI is InChI=1S/C16H23N5S/c1-12-5-4-6-21(8-12)16-7-15(17-11-18-16)20(3)9-14-10-22-13(2)19-14/h7,10-12H,4-6,8-9H2,1-3H3. The van der Waals surface area contributed by atoms with Crippen molar-refractivity contribution in [1.29, 1.82) is 0 Å². The van der Waals surface area contributed by atoms with Crippen LogP contribution < -0.4 is 9.80 Å². The molecule has 2 aromatic heterocycles. The maximum Gasteiger partial charge on any atom is 0.134 e. The topological polar surface area (TPSA) is 45.2 Å². The molecule has 0 amide bonds. The van der Waals surface area contributed by atoms with Gasteiger partial charge in [0, 0.05) is 31.6 Å². The van der Waals surface area contributed by atoms with E-state index in [1.54, 1.807) is 17.7 Å². The van der Waals surface area contributed by atoms with Crippen LogP contribution in [0.25, 0.3) is 0 Å². The first-order chi connectivity index (χ1) is 10.6. The van der Waals surface area contributed by atoms with Crippen molar-refractivity contribution in [3.05, 3.63) is 28.5 Å². The van der Waals surface area contributed by atoms with Crippen LogP contribution in [0.3, 0.4) is 0 Å². The van der Waals surface area contributed by atoms with Crippen LogP contribution in [-0.4, -0.2) is 35.1 Å². The molecule has 1 saturated heterocycles. The summed E-state index contributed by atoms with van der Waals surface area (Å²) in [6.45, 7) is 7.30. The molecular formula is C16H23N5S. The zero-order valence-corrected chi connectivity index (χ0v) is 14.3. The Balaban J connectivity index is 1.72. The van der Waals surface area contributed by atoms with E-state index in [2.05, 4.69) is 50.2 Å². The number of anilines is 2. The van der Waals surface area contributed by atoms with Crippen LogP contribution in [0.5, 0.6) is 0 Å². The van der Waals surface area contributed by atoms with Gasteiger partial charge in [-0.15, -0.1) is 11.3 Å². The maximum atomic E-state index is 4.52. The zero-order chi connectivity index (χ0) is 15.5. The van der Waals surface area contributed by atoms with Crippen molar-refractivity contribution >= 4 is 23.0 Å². The lowest BCUT2D eigenvalue weighted by molar-refractivity contribution is 0.444. The number of hydrogen-bond donors (Lipinski definition) is 0. The molecule has 1 aliphatic heterocycles. The largest absolute Gasteiger partial charge is 0.356 e. The Morgan fingerprint density at radius 1 is 1.41 bits per heavy atom. The third-order valence-corrected chi connectivity index (χ3v) is 4.90. The molecule has 0 radical (unpaired) electrons. The van der Waals surface area contributed by atoms with Crippen LogP contribution in [-0.2, 0) is 6.54 Å². The minimum Gasteiger partial charge on any atom is -0.356 e. The summed E-state index contributed by atoms with van der Waals surface area (Å²) in [7, 11) is 2.06. The number of piperidine rings is 1. The summed E-state index contributed by atoms with van der Waals surface area (Å²) < 4.78 is 0. The molecule has 0 bridgehead atoms. The van der Waals surface area contributed by atoms with Gasteiger partial charge in [-0.1, -0.05) is 6.92 Å². The van der Waals surface area contributed by atoms with Crippen LogP contribution >= 0.6 is 11.3 Å². The summed E-state index contributed by atoms with van der Waals surface area (Å²) in [5.74, 6) is 2.73. The summed E-state index contributed by atoms with van der Waals surface area (Å²) >= 11 is 1.69. The third-order valence-electron chi connectivity index (χ3n) is 4.08. The molecule has 1 atom stereocenters. The van der Waals surface area contributed by atoms with Crippen molar-refractivity contribution in [2.75, 3.05) is 29.9 Å². The first kappa shape index (κ1) is 15.2. The number of thiazole rings is 1. The van der Waals surface area contributed by atoms with Gasteiger partial charge in [0.25, 0.3) is 0 Å². The predicted octanol–water partition coefficient (Wildman–Crippen LogP) is 3.11. The average Bonchev–Trinajstić information content (AvgIpc) is 2.92. The molecule has 118 valence electrons. The number of rotatable bonds is 4. The summed E-state index contributed by atoms with van der Waals surface area (Å²) in [6, 6.07) is 2.09. The normalized spacial score (nSPS) is 18.5. The molecule has 0 N–H and O–H groups in total. The Morgan fingerprint density at radius 3 is 3.00 bits per heavy atom. The van der Waals surface area contributed by atoms with Gasteiger partial charge < -0.3 is 9.80 Å². The first-order valence-corrected chi connectivity index (χ1v) is 8.69. The van der Waals surface area contributed by atoms with E-state index in [1.807, 2.05) is 6.92 Å². The Bertz CT molecular complexity index is 627. The monoisotopic (exact) mass is 317 g/mol. The number of hydrogen-bond acceptors (Lipinski definition) is 6. The molecule has 3 heterocycles. The van der Waals surface area contributed by atoms with Crippen molar-refractivity contribution in [2.24, 2.45) is 5.92 Å². The molecule has 2 aromatic rings. The van der Waals surface area contributed by atoms with Gasteiger partial charge >= 0.3 is 0 Å². The minimum absolute atomic E-state index is 0.739. The van der Waals surface area contributed by atoms with Crippen LogP contribution in [0.2, 0.25) is 0 Å². The average molecular weight is 317 g/mol. The lowest BCUT2D eigenvalue weighted by atomic mass is 10.0. The van der Waals surface area contributed by atoms with Crippen LogP contribution in [0.15, 0.2) is 17.8 Å². The van der Waals surface area contributed by atoms with E-state index in [0.29, 0.717) is 0 Å². The summed E-state index contributed by atoms with van der Waals surface area (Å²) in [5.41, 5.74) is 1.09. The molecule has 0 saturated carbocycles. The molecule has 6 heteroatoms. The van der Waals surface area contributed by atoms with Gasteiger partial charge in [-0.2, -0.15) is 0 Å². The van der Waals surface area contributed by atoms with Gasteiger partial charge in [0.1, 0.15) is 18.0 Å². The number of aromatic nitrogens is 3. The lowest BCUT2D eigenvalue weighted by Crippen LogP contribution is -2.35. The molecule has 0 aromatic carbocycles. The first-order valence-electron chi connectivity index (χ1n) is 7.81. The van der Waals surface area contributed by atoms with E-state index in [9.17, 15) is 0 Å². The van der Waals surface area contributed by atoms with Crippen LogP contribution in [0.1, 0.15) is 30.5 Å². The molecule has 5 nitrogen and oxygen atoms in total. The molecule has 3 rings (SSSR count). The quantitative estimate of drug-likeness (QED) is 0.867. The van der Waals surface area contributed by atoms with E-state index in [1.165, 1.54) is 12.8 Å². The molecule has 1 fully saturated rings. The SMILES string of the molecule is Cc1nc(CN(C)c2cc(N3CCCC(C)C3)ncn2)cs1. The van der Waals surface area contributed by atoms with Gasteiger partial charge in [-0.05, 0) is 25.7 Å². The fourth-order valence-corrected chi connectivity index (χ4v) is 3.53. The van der Waals surface area contributed by atoms with Gasteiger partial charge in [0.05, 0.1) is 17.2 Å². The highest BCUT2D eigenvalue weighted by molar-refractivity contribution is 7.09. The lowest BCUT2D eigenvalue weighted by Gasteiger charge is -2.32. The van der Waals surface area contributed by atoms with Gasteiger partial charge in [0.15, 0.2) is 0 Å². The van der Waals surface area contributed by atoms with E-state index in [-0.39, 0.29) is 0 Å². The van der Waals surface area contributed by atoms with Gasteiger partial charge in [-0.3, -0.25) is 0 Å². The molecule has 22 heavy (non-hydrogen) atoms. The molecular weight excluding hydrogens is 294 g/mol. The third kappa shape index (κ3) is 3.55. The van der Waals surface area contributed by atoms with Crippen molar-refractivity contribution in [2.45, 2.75) is 33.2 Å². The van der Waals surface area contributed by atoms with E-state index in [4.69, 9.17) is 0 Å². The highest BCUT2D eigenvalue weighted by Gasteiger charge is 2.18. The van der Waals surface area contributed by atoms with Crippen LogP contribution in [0, 0.1) is 12.8 Å². The molecule has 0 aliphatic carbocycles. The molecule has 1 aliphatic rings. The Hall–Kier alpha value is -1.69. The van der Waals surface area contributed by atoms with Crippen molar-refractivity contribution in [1.82, 2.24) is 15.0 Å². The van der Waals surface area contributed by atoms with Gasteiger partial charge in [0.2, 0.25) is 0 Å². The second-order valence-electron chi connectivity index (χ2n) is 6.14. The van der Waals surface area contributed by atoms with E-state index >= 15 is 0 Å². The minimum atomic E-state index is 0.739. The second kappa shape index (κ2) is 6.60. The maximum absolute atomic E-state index is 4.52. The zero-order valence-electron chi connectivity index (χ0n) is 13.5. The second-order valence-corrected chi connectivity index (χ2v) is 7.20. The van der Waals surface area contributed by atoms with E-state index < -0.39 is 0 Å². The Labute approximate surface area is 136 Å². The van der Waals surface area contributed by atoms with Crippen molar-refractivity contribution in [3.8, 4) is 0 Å². The van der Waals surface area contributed by atoms with E-state index in [0.717, 1.165) is 47.9 Å². The Kier molecular flexibility index (Phi) is 4.57. The highest BCUT2D eigenvalue weighted by Crippen LogP contribution is 2.23. The number of nitrogens with zero attached hydrogens (tertiary/aromatic N) is 5. The molecule has 0 spiro atoms. The summed E-state index contributed by atoms with van der Waals surface area (Å²) in [6.07, 6.45) is 4.23. The molecule has 1 unspecified atom stereocenters. The smallest absolute Gasteiger partial charge is 0.134 e.